The third-order valence-electron chi connectivity index (χ3n) is 8.71. The van der Waals surface area contributed by atoms with Crippen LogP contribution in [0.1, 0.15) is 20.3 Å². The molecular weight excluding hydrogens is 759 g/mol. The van der Waals surface area contributed by atoms with Gasteiger partial charge in [-0.15, -0.1) is 0 Å². The van der Waals surface area contributed by atoms with Crippen molar-refractivity contribution in [3.8, 4) is 0 Å². The van der Waals surface area contributed by atoms with Gasteiger partial charge in [0, 0.05) is 10.1 Å². The number of likely N-dealkylation sites (tertiary alicyclic amines) is 1. The Morgan fingerprint density at radius 2 is 1.50 bits per heavy atom. The topological polar surface area (TPSA) is 268 Å². The number of aliphatic hydroxyl groups is 7. The normalized spacial score (nSPS) is 38.3. The van der Waals surface area contributed by atoms with E-state index < -0.39 is 128 Å². The largest absolute Gasteiger partial charge is 0.507 e. The van der Waals surface area contributed by atoms with Crippen molar-refractivity contribution < 1.29 is 73.8 Å². The summed E-state index contributed by atoms with van der Waals surface area (Å²) in [6.45, 7) is 2.15. The van der Waals surface area contributed by atoms with Gasteiger partial charge < -0.3 is 65.2 Å². The molecule has 4 rings (SSSR count). The van der Waals surface area contributed by atoms with Gasteiger partial charge in [0.05, 0.1) is 25.7 Å². The maximum atomic E-state index is 13.8. The van der Waals surface area contributed by atoms with Crippen LogP contribution in [0.4, 0.5) is 0 Å². The highest BCUT2D eigenvalue weighted by Gasteiger charge is 2.56. The molecule has 298 valence electrons. The molecule has 0 aliphatic carbocycles. The second-order valence-corrected chi connectivity index (χ2v) is 13.8. The minimum absolute atomic E-state index is 0.431. The lowest BCUT2D eigenvalue weighted by Gasteiger charge is -2.46. The van der Waals surface area contributed by atoms with Crippen LogP contribution in [0.15, 0.2) is 82.2 Å². The van der Waals surface area contributed by atoms with Crippen LogP contribution in [0.2, 0.25) is 0 Å². The van der Waals surface area contributed by atoms with Crippen LogP contribution in [0.5, 0.6) is 0 Å². The highest BCUT2D eigenvalue weighted by atomic mass is 35.5. The summed E-state index contributed by atoms with van der Waals surface area (Å²) in [5.74, 6) is -3.88. The second kappa shape index (κ2) is 19.5. The van der Waals surface area contributed by atoms with E-state index in [4.69, 9.17) is 52.6 Å². The number of nitrogens with two attached hydrogens (primary N) is 1. The van der Waals surface area contributed by atoms with Gasteiger partial charge in [-0.25, -0.2) is 0 Å². The monoisotopic (exact) mass is 802 g/mol. The van der Waals surface area contributed by atoms with Crippen LogP contribution < -0.4 is 5.73 Å². The van der Waals surface area contributed by atoms with Gasteiger partial charge in [-0.1, -0.05) is 65.7 Å². The van der Waals surface area contributed by atoms with Crippen molar-refractivity contribution in [1.82, 2.24) is 4.90 Å². The number of carbonyl (C=O) groups excluding carboxylic acids is 3. The molecule has 0 aromatic heterocycles. The lowest BCUT2D eigenvalue weighted by Crippen LogP contribution is -2.65. The van der Waals surface area contributed by atoms with Gasteiger partial charge in [0.15, 0.2) is 24.6 Å². The standard InChI is InChI=1S/C35H44Cl2N2O15/c1-16(36)12-18(37)10-8-6-4-3-5-7-9-11-20(40)24-26(44)19(13-23(38)42)39(32(24)49)33-31(27(45)21(41)14-50-33)54-34-30(48)28(46)22(15-51-34)53-35-29(47)25(43)17(2)52-35/h3-12,17,19,21-22,25,27-31,33-35,40-41,43,45-48H,13-15H2,1-2H3,(H2,38,42)/b4-3+,7-5+,8-6+,11-9+,16-12+,18-10-,24-20-/t17-,19+,21?,22?,25-,27?,28?,29+,30?,31?,33?,34?,35+/m1/s1. The van der Waals surface area contributed by atoms with E-state index >= 15 is 0 Å². The Morgan fingerprint density at radius 3 is 2.11 bits per heavy atom. The molecule has 0 radical (unpaired) electrons. The first-order valence-electron chi connectivity index (χ1n) is 16.8. The van der Waals surface area contributed by atoms with Gasteiger partial charge in [0.25, 0.3) is 5.91 Å². The van der Waals surface area contributed by atoms with E-state index in [9.17, 15) is 50.1 Å². The van der Waals surface area contributed by atoms with Crippen molar-refractivity contribution in [2.24, 2.45) is 5.73 Å². The lowest BCUT2D eigenvalue weighted by molar-refractivity contribution is -0.338. The molecule has 9 N–H and O–H groups in total. The number of hydrogen-bond acceptors (Lipinski definition) is 15. The van der Waals surface area contributed by atoms with Crippen LogP contribution >= 0.6 is 23.2 Å². The SMILES string of the molecule is C\C(Cl)=C/C(Cl)=C/C=C/C=C/C=C/C=C/C(O)=C1\C(=O)[C@H](CC(N)=O)N(C2OCC(O)C(O)C2OC2OCC(O[C@@H]3O[C@H](C)[C@@H](O)[C@@H]3O)C(O)C2O)C1=O. The van der Waals surface area contributed by atoms with Crippen molar-refractivity contribution in [2.45, 2.75) is 100 Å². The van der Waals surface area contributed by atoms with Crippen molar-refractivity contribution in [2.75, 3.05) is 13.2 Å². The summed E-state index contributed by atoms with van der Waals surface area (Å²) in [4.78, 5) is 40.1. The number of hydrogen-bond donors (Lipinski definition) is 8. The average Bonchev–Trinajstić information content (AvgIpc) is 3.49. The van der Waals surface area contributed by atoms with Crippen LogP contribution in [-0.2, 0) is 38.1 Å². The minimum Gasteiger partial charge on any atom is -0.507 e. The Balaban J connectivity index is 1.50. The van der Waals surface area contributed by atoms with Gasteiger partial charge in [0.2, 0.25) is 5.91 Å². The number of nitrogens with zero attached hydrogens (tertiary/aromatic N) is 1. The van der Waals surface area contributed by atoms with E-state index in [1.165, 1.54) is 19.1 Å². The number of carbonyl (C=O) groups is 3. The van der Waals surface area contributed by atoms with E-state index in [2.05, 4.69) is 0 Å². The van der Waals surface area contributed by atoms with Gasteiger partial charge in [-0.05, 0) is 32.1 Å². The average molecular weight is 804 g/mol. The zero-order chi connectivity index (χ0) is 39.9. The molecule has 8 unspecified atom stereocenters. The molecule has 2 amide bonds. The first-order valence-corrected chi connectivity index (χ1v) is 17.5. The summed E-state index contributed by atoms with van der Waals surface area (Å²) in [7, 11) is 0. The minimum atomic E-state index is -1.89. The lowest BCUT2D eigenvalue weighted by atomic mass is 10.0. The predicted molar refractivity (Wildman–Crippen MR) is 189 cm³/mol. The molecule has 13 atom stereocenters. The summed E-state index contributed by atoms with van der Waals surface area (Å²) in [5, 5.41) is 75.0. The van der Waals surface area contributed by atoms with E-state index in [1.54, 1.807) is 49.5 Å². The number of allylic oxidation sites excluding steroid dienone is 12. The Morgan fingerprint density at radius 1 is 0.870 bits per heavy atom. The molecular formula is C35H44Cl2N2O15. The molecule has 4 aliphatic rings. The highest BCUT2D eigenvalue weighted by molar-refractivity contribution is 6.34. The van der Waals surface area contributed by atoms with E-state index in [0.717, 1.165) is 11.0 Å². The summed E-state index contributed by atoms with van der Waals surface area (Å²) in [5.41, 5.74) is 4.67. The molecule has 17 nitrogen and oxygen atoms in total. The Kier molecular flexibility index (Phi) is 15.7. The Labute approximate surface area is 320 Å². The third kappa shape index (κ3) is 10.5. The molecule has 19 heteroatoms. The highest BCUT2D eigenvalue weighted by Crippen LogP contribution is 2.35. The number of Topliss-reactive ketones (excluding diaryl/α,β-unsaturated/α-hetero) is 1. The van der Waals surface area contributed by atoms with Gasteiger partial charge in [-0.3, -0.25) is 19.3 Å². The van der Waals surface area contributed by atoms with Crippen molar-refractivity contribution in [1.29, 1.82) is 0 Å². The van der Waals surface area contributed by atoms with Crippen molar-refractivity contribution in [3.63, 3.8) is 0 Å². The van der Waals surface area contributed by atoms with Gasteiger partial charge in [-0.2, -0.15) is 0 Å². The molecule has 0 spiro atoms. The molecule has 0 saturated carbocycles. The first-order chi connectivity index (χ1) is 25.5. The van der Waals surface area contributed by atoms with E-state index in [0.29, 0.717) is 10.1 Å². The number of amides is 2. The van der Waals surface area contributed by atoms with Crippen molar-refractivity contribution in [3.05, 3.63) is 82.2 Å². The summed E-state index contributed by atoms with van der Waals surface area (Å²) in [6.07, 6.45) is -3.79. The summed E-state index contributed by atoms with van der Waals surface area (Å²) in [6, 6.07) is -1.63. The number of halogens is 2. The molecule has 0 bridgehead atoms. The van der Waals surface area contributed by atoms with Gasteiger partial charge in [0.1, 0.15) is 66.2 Å². The van der Waals surface area contributed by atoms with Gasteiger partial charge >= 0.3 is 0 Å². The van der Waals surface area contributed by atoms with Crippen LogP contribution in [0.25, 0.3) is 0 Å². The summed E-state index contributed by atoms with van der Waals surface area (Å²) >= 11 is 11.7. The summed E-state index contributed by atoms with van der Waals surface area (Å²) < 4.78 is 27.9. The zero-order valence-corrected chi connectivity index (χ0v) is 30.6. The molecule has 54 heavy (non-hydrogen) atoms. The van der Waals surface area contributed by atoms with Crippen LogP contribution in [-0.4, -0.2) is 151 Å². The fourth-order valence-electron chi connectivity index (χ4n) is 5.94. The molecule has 4 saturated heterocycles. The smallest absolute Gasteiger partial charge is 0.264 e. The number of ether oxygens (including phenoxy) is 5. The molecule has 0 aromatic carbocycles. The second-order valence-electron chi connectivity index (χ2n) is 12.8. The van der Waals surface area contributed by atoms with Crippen LogP contribution in [0, 0.1) is 0 Å². The Bertz CT molecular complexity index is 1590. The number of ketones is 1. The van der Waals surface area contributed by atoms with E-state index in [-0.39, 0.29) is 0 Å². The quantitative estimate of drug-likeness (QED) is 0.0497. The number of primary amides is 1. The number of aliphatic hydroxyl groups excluding tert-OH is 7. The Hall–Kier alpha value is -3.27. The first kappa shape index (κ1) is 43.5. The molecule has 4 heterocycles. The van der Waals surface area contributed by atoms with Crippen LogP contribution in [0.3, 0.4) is 0 Å². The molecule has 0 aromatic rings. The number of rotatable bonds is 13. The molecule has 4 fully saturated rings. The molecule has 4 aliphatic heterocycles. The predicted octanol–water partition coefficient (Wildman–Crippen LogP) is -0.663. The maximum Gasteiger partial charge on any atom is 0.264 e. The third-order valence-corrected chi connectivity index (χ3v) is 9.06. The zero-order valence-electron chi connectivity index (χ0n) is 29.1. The fourth-order valence-corrected chi connectivity index (χ4v) is 6.35. The van der Waals surface area contributed by atoms with E-state index in [1.807, 2.05) is 0 Å². The maximum absolute atomic E-state index is 13.8. The van der Waals surface area contributed by atoms with Crippen molar-refractivity contribution >= 4 is 40.8 Å². The fraction of sp³-hybridized carbons (Fsp3) is 0.514.